The van der Waals surface area contributed by atoms with Crippen molar-refractivity contribution < 1.29 is 17.6 Å². The molecular weight excluding hydrogens is 464 g/mol. The summed E-state index contributed by atoms with van der Waals surface area (Å²) in [7, 11) is -3.93. The average Bonchev–Trinajstić information content (AvgIpc) is 3.47. The molecule has 2 aromatic carbocycles. The van der Waals surface area contributed by atoms with Gasteiger partial charge in [0.2, 0.25) is 10.0 Å². The van der Waals surface area contributed by atoms with E-state index in [0.29, 0.717) is 5.76 Å². The molecule has 8 nitrogen and oxygen atoms in total. The molecular formula is C26H26N4O4S. The lowest BCUT2D eigenvalue weighted by atomic mass is 10.2. The van der Waals surface area contributed by atoms with E-state index in [1.165, 1.54) is 18.4 Å². The van der Waals surface area contributed by atoms with Crippen LogP contribution in [0.3, 0.4) is 0 Å². The van der Waals surface area contributed by atoms with Crippen molar-refractivity contribution in [3.8, 4) is 5.69 Å². The van der Waals surface area contributed by atoms with Gasteiger partial charge in [-0.1, -0.05) is 36.4 Å². The first-order valence-electron chi connectivity index (χ1n) is 11.0. The molecule has 0 unspecified atom stereocenters. The van der Waals surface area contributed by atoms with Crippen molar-refractivity contribution in [3.05, 3.63) is 108 Å². The van der Waals surface area contributed by atoms with E-state index in [2.05, 4.69) is 15.1 Å². The average molecular weight is 491 g/mol. The van der Waals surface area contributed by atoms with Crippen LogP contribution in [0, 0.1) is 13.8 Å². The van der Waals surface area contributed by atoms with Crippen molar-refractivity contribution in [1.82, 2.24) is 14.3 Å². The smallest absolute Gasteiger partial charge is 0.255 e. The second-order valence-corrected chi connectivity index (χ2v) is 9.89. The van der Waals surface area contributed by atoms with Crippen LogP contribution in [0.15, 0.2) is 99.5 Å². The summed E-state index contributed by atoms with van der Waals surface area (Å²) in [5.41, 5.74) is 6.32. The Bertz CT molecular complexity index is 1410. The van der Waals surface area contributed by atoms with Gasteiger partial charge in [-0.2, -0.15) is 9.41 Å². The summed E-state index contributed by atoms with van der Waals surface area (Å²) >= 11 is 0. The molecule has 0 radical (unpaired) electrons. The SMILES string of the molecule is Cc1cc(/C=N\NC(=O)CN(Cc2ccco2)S(=O)(=O)c2ccccc2)c(C)n1-c1ccccc1. The number of aryl methyl sites for hydroxylation is 1. The fourth-order valence-corrected chi connectivity index (χ4v) is 5.19. The number of nitrogens with zero attached hydrogens (tertiary/aromatic N) is 3. The van der Waals surface area contributed by atoms with Crippen LogP contribution in [0.2, 0.25) is 0 Å². The molecule has 2 aromatic heterocycles. The zero-order valence-electron chi connectivity index (χ0n) is 19.5. The lowest BCUT2D eigenvalue weighted by Crippen LogP contribution is -2.39. The first-order chi connectivity index (χ1) is 16.9. The summed E-state index contributed by atoms with van der Waals surface area (Å²) in [6.45, 7) is 3.47. The molecule has 0 fully saturated rings. The maximum atomic E-state index is 13.2. The summed E-state index contributed by atoms with van der Waals surface area (Å²) in [4.78, 5) is 12.8. The van der Waals surface area contributed by atoms with Gasteiger partial charge in [0, 0.05) is 22.6 Å². The number of sulfonamides is 1. The Hall–Kier alpha value is -3.95. The number of aromatic nitrogens is 1. The standard InChI is InChI=1S/C26H26N4O4S/c1-20-16-22(21(2)30(20)23-10-5-3-6-11-23)17-27-28-26(31)19-29(18-24-12-9-15-34-24)35(32,33)25-13-7-4-8-14-25/h3-17H,18-19H2,1-2H3,(H,28,31)/b27-17-. The second kappa shape index (κ2) is 10.5. The van der Waals surface area contributed by atoms with Gasteiger partial charge in [-0.3, -0.25) is 4.79 Å². The van der Waals surface area contributed by atoms with Gasteiger partial charge in [0.25, 0.3) is 5.91 Å². The van der Waals surface area contributed by atoms with Gasteiger partial charge in [0.1, 0.15) is 5.76 Å². The monoisotopic (exact) mass is 490 g/mol. The molecule has 1 N–H and O–H groups in total. The lowest BCUT2D eigenvalue weighted by Gasteiger charge is -2.20. The van der Waals surface area contributed by atoms with Crippen molar-refractivity contribution >= 4 is 22.1 Å². The van der Waals surface area contributed by atoms with Gasteiger partial charge in [0.05, 0.1) is 30.5 Å². The van der Waals surface area contributed by atoms with E-state index in [4.69, 9.17) is 4.42 Å². The number of hydrazone groups is 1. The van der Waals surface area contributed by atoms with E-state index >= 15 is 0 Å². The predicted molar refractivity (Wildman–Crippen MR) is 134 cm³/mol. The van der Waals surface area contributed by atoms with Gasteiger partial charge in [-0.25, -0.2) is 13.8 Å². The van der Waals surface area contributed by atoms with Gasteiger partial charge in [-0.15, -0.1) is 0 Å². The number of nitrogens with one attached hydrogen (secondary N) is 1. The maximum absolute atomic E-state index is 13.2. The number of carbonyl (C=O) groups excluding carboxylic acids is 1. The van der Waals surface area contributed by atoms with Crippen LogP contribution in [0.25, 0.3) is 5.69 Å². The van der Waals surface area contributed by atoms with E-state index in [1.54, 1.807) is 36.5 Å². The summed E-state index contributed by atoms with van der Waals surface area (Å²) < 4.78 is 34.8. The normalized spacial score (nSPS) is 11.9. The molecule has 0 aliphatic heterocycles. The lowest BCUT2D eigenvalue weighted by molar-refractivity contribution is -0.121. The van der Waals surface area contributed by atoms with Crippen LogP contribution in [-0.2, 0) is 21.4 Å². The quantitative estimate of drug-likeness (QED) is 0.283. The van der Waals surface area contributed by atoms with Crippen molar-refractivity contribution in [3.63, 3.8) is 0 Å². The van der Waals surface area contributed by atoms with Crippen LogP contribution in [0.4, 0.5) is 0 Å². The molecule has 1 amide bonds. The molecule has 180 valence electrons. The Kier molecular flexibility index (Phi) is 7.28. The van der Waals surface area contributed by atoms with Crippen LogP contribution < -0.4 is 5.43 Å². The number of para-hydroxylation sites is 1. The third kappa shape index (κ3) is 5.59. The molecule has 35 heavy (non-hydrogen) atoms. The highest BCUT2D eigenvalue weighted by Gasteiger charge is 2.27. The van der Waals surface area contributed by atoms with Gasteiger partial charge in [0.15, 0.2) is 0 Å². The minimum Gasteiger partial charge on any atom is -0.468 e. The molecule has 2 heterocycles. The number of benzene rings is 2. The van der Waals surface area contributed by atoms with E-state index in [0.717, 1.165) is 26.9 Å². The van der Waals surface area contributed by atoms with E-state index in [1.807, 2.05) is 50.2 Å². The third-order valence-corrected chi connectivity index (χ3v) is 7.30. The molecule has 0 spiro atoms. The molecule has 4 aromatic rings. The third-order valence-electron chi connectivity index (χ3n) is 5.49. The number of carbonyl (C=O) groups is 1. The number of rotatable bonds is 9. The van der Waals surface area contributed by atoms with Crippen LogP contribution in [0.5, 0.6) is 0 Å². The molecule has 0 bridgehead atoms. The molecule has 4 rings (SSSR count). The first kappa shape index (κ1) is 24.2. The zero-order chi connectivity index (χ0) is 24.8. The van der Waals surface area contributed by atoms with Gasteiger partial charge in [-0.05, 0) is 56.3 Å². The highest BCUT2D eigenvalue weighted by atomic mass is 32.2. The minimum atomic E-state index is -3.93. The van der Waals surface area contributed by atoms with E-state index < -0.39 is 22.5 Å². The summed E-state index contributed by atoms with van der Waals surface area (Å²) in [6.07, 6.45) is 3.02. The topological polar surface area (TPSA) is 96.9 Å². The summed E-state index contributed by atoms with van der Waals surface area (Å²) in [5.74, 6) is -0.140. The van der Waals surface area contributed by atoms with Gasteiger partial charge < -0.3 is 8.98 Å². The number of hydrogen-bond donors (Lipinski definition) is 1. The zero-order valence-corrected chi connectivity index (χ0v) is 20.3. The van der Waals surface area contributed by atoms with E-state index in [9.17, 15) is 13.2 Å². The van der Waals surface area contributed by atoms with Crippen LogP contribution >= 0.6 is 0 Å². The largest absolute Gasteiger partial charge is 0.468 e. The van der Waals surface area contributed by atoms with E-state index in [-0.39, 0.29) is 11.4 Å². The van der Waals surface area contributed by atoms with Crippen LogP contribution in [-0.4, -0.2) is 36.0 Å². The fraction of sp³-hybridized carbons (Fsp3) is 0.154. The molecule has 9 heteroatoms. The molecule has 0 saturated carbocycles. The highest BCUT2D eigenvalue weighted by molar-refractivity contribution is 7.89. The van der Waals surface area contributed by atoms with Crippen molar-refractivity contribution in [1.29, 1.82) is 0 Å². The summed E-state index contributed by atoms with van der Waals surface area (Å²) in [6, 6.07) is 23.2. The second-order valence-electron chi connectivity index (χ2n) is 7.96. The van der Waals surface area contributed by atoms with Crippen molar-refractivity contribution in [2.45, 2.75) is 25.3 Å². The summed E-state index contributed by atoms with van der Waals surface area (Å²) in [5, 5.41) is 4.07. The Morgan fingerprint density at radius 2 is 1.71 bits per heavy atom. The molecule has 0 atom stereocenters. The highest BCUT2D eigenvalue weighted by Crippen LogP contribution is 2.20. The number of hydrogen-bond acceptors (Lipinski definition) is 5. The van der Waals surface area contributed by atoms with Crippen LogP contribution in [0.1, 0.15) is 22.7 Å². The Labute approximate surface area is 204 Å². The Morgan fingerprint density at radius 3 is 2.37 bits per heavy atom. The first-order valence-corrected chi connectivity index (χ1v) is 12.4. The molecule has 0 aliphatic carbocycles. The fourth-order valence-electron chi connectivity index (χ4n) is 3.81. The van der Waals surface area contributed by atoms with Crippen molar-refractivity contribution in [2.24, 2.45) is 5.10 Å². The molecule has 0 saturated heterocycles. The minimum absolute atomic E-state index is 0.0837. The Morgan fingerprint density at radius 1 is 1.03 bits per heavy atom. The van der Waals surface area contributed by atoms with Gasteiger partial charge >= 0.3 is 0 Å². The molecule has 0 aliphatic rings. The maximum Gasteiger partial charge on any atom is 0.255 e. The Balaban J connectivity index is 1.49. The number of amides is 1. The number of furan rings is 1. The predicted octanol–water partition coefficient (Wildman–Crippen LogP) is 4.03. The van der Waals surface area contributed by atoms with Crippen molar-refractivity contribution in [2.75, 3.05) is 6.54 Å².